The Morgan fingerprint density at radius 1 is 0.667 bits per heavy atom. The lowest BCUT2D eigenvalue weighted by atomic mass is 10.1. The van der Waals surface area contributed by atoms with E-state index in [9.17, 15) is 0 Å². The fraction of sp³-hybridized carbons (Fsp3) is 0.0667. The first-order valence-corrected chi connectivity index (χ1v) is 5.11. The van der Waals surface area contributed by atoms with Crippen molar-refractivity contribution in [3.05, 3.63) is 72.8 Å². The molecule has 0 heterocycles. The summed E-state index contributed by atoms with van der Waals surface area (Å²) in [4.78, 5) is 0. The molecule has 2 aromatic carbocycles. The van der Waals surface area contributed by atoms with Crippen molar-refractivity contribution in [2.75, 3.05) is 0 Å². The van der Waals surface area contributed by atoms with Gasteiger partial charge in [-0.3, -0.25) is 0 Å². The molecule has 1 aliphatic rings. The molecular formula is C15H14. The van der Waals surface area contributed by atoms with Crippen LogP contribution in [0, 0.1) is 0 Å². The van der Waals surface area contributed by atoms with Gasteiger partial charge in [-0.1, -0.05) is 48.5 Å². The van der Waals surface area contributed by atoms with Gasteiger partial charge < -0.3 is 0 Å². The van der Waals surface area contributed by atoms with Crippen LogP contribution in [0.3, 0.4) is 0 Å². The van der Waals surface area contributed by atoms with Crippen molar-refractivity contribution in [2.24, 2.45) is 0 Å². The molecule has 3 rings (SSSR count). The van der Waals surface area contributed by atoms with Crippen LogP contribution in [0.25, 0.3) is 11.1 Å². The molecule has 0 bridgehead atoms. The predicted molar refractivity (Wildman–Crippen MR) is 65.9 cm³/mol. The highest BCUT2D eigenvalue weighted by Crippen LogP contribution is 2.35. The van der Waals surface area contributed by atoms with E-state index >= 15 is 0 Å². The summed E-state index contributed by atoms with van der Waals surface area (Å²) in [7, 11) is 0. The molecule has 15 heavy (non-hydrogen) atoms. The summed E-state index contributed by atoms with van der Waals surface area (Å²) < 4.78 is 0. The number of fused-ring (bicyclic) bond motifs is 3. The van der Waals surface area contributed by atoms with E-state index in [4.69, 9.17) is 0 Å². The van der Waals surface area contributed by atoms with Gasteiger partial charge in [0.05, 0.1) is 0 Å². The Labute approximate surface area is 90.9 Å². The smallest absolute Gasteiger partial charge is 0.00135 e. The molecule has 0 unspecified atom stereocenters. The Hall–Kier alpha value is -1.82. The molecule has 0 spiro atoms. The molecular weight excluding hydrogens is 180 g/mol. The van der Waals surface area contributed by atoms with Gasteiger partial charge >= 0.3 is 0 Å². The van der Waals surface area contributed by atoms with Crippen molar-refractivity contribution in [1.82, 2.24) is 0 Å². The third-order valence-electron chi connectivity index (χ3n) is 2.71. The van der Waals surface area contributed by atoms with Gasteiger partial charge in [0.1, 0.15) is 0 Å². The third kappa shape index (κ3) is 1.59. The standard InChI is InChI=1S/C13H10.C2H4/c1-3-7-12-10(5-1)9-11-6-2-4-8-13(11)12;1-2/h1-8H,9H2;1-2H2. The van der Waals surface area contributed by atoms with Gasteiger partial charge in [-0.25, -0.2) is 0 Å². The molecule has 0 amide bonds. The largest absolute Gasteiger partial charge is 0.106 e. The topological polar surface area (TPSA) is 0 Å². The average Bonchev–Trinajstić information content (AvgIpc) is 2.70. The zero-order valence-corrected chi connectivity index (χ0v) is 8.74. The molecule has 0 fully saturated rings. The van der Waals surface area contributed by atoms with E-state index in [1.807, 2.05) is 0 Å². The van der Waals surface area contributed by atoms with E-state index in [2.05, 4.69) is 61.7 Å². The van der Waals surface area contributed by atoms with Gasteiger partial charge in [-0.2, -0.15) is 0 Å². The maximum absolute atomic E-state index is 3.00. The van der Waals surface area contributed by atoms with Crippen LogP contribution in [0.15, 0.2) is 61.7 Å². The minimum Gasteiger partial charge on any atom is -0.106 e. The molecule has 0 heteroatoms. The van der Waals surface area contributed by atoms with Crippen molar-refractivity contribution in [1.29, 1.82) is 0 Å². The van der Waals surface area contributed by atoms with Gasteiger partial charge in [0.25, 0.3) is 0 Å². The van der Waals surface area contributed by atoms with E-state index in [1.165, 1.54) is 22.3 Å². The summed E-state index contributed by atoms with van der Waals surface area (Å²) >= 11 is 0. The first-order valence-electron chi connectivity index (χ1n) is 5.11. The van der Waals surface area contributed by atoms with Crippen molar-refractivity contribution < 1.29 is 0 Å². The SMILES string of the molecule is C=C.c1ccc2c(c1)Cc1ccccc1-2. The van der Waals surface area contributed by atoms with Gasteiger partial charge in [0.2, 0.25) is 0 Å². The van der Waals surface area contributed by atoms with Crippen LogP contribution in [0.2, 0.25) is 0 Å². The Balaban J connectivity index is 0.000000404. The molecule has 0 radical (unpaired) electrons. The van der Waals surface area contributed by atoms with Gasteiger partial charge in [0.15, 0.2) is 0 Å². The zero-order valence-electron chi connectivity index (χ0n) is 8.74. The Bertz CT molecular complexity index is 425. The lowest BCUT2D eigenvalue weighted by molar-refractivity contribution is 1.26. The molecule has 1 aliphatic carbocycles. The van der Waals surface area contributed by atoms with Crippen LogP contribution >= 0.6 is 0 Å². The highest BCUT2D eigenvalue weighted by Gasteiger charge is 2.15. The normalized spacial score (nSPS) is 10.9. The molecule has 0 saturated heterocycles. The highest BCUT2D eigenvalue weighted by molar-refractivity contribution is 5.76. The fourth-order valence-corrected chi connectivity index (χ4v) is 2.08. The summed E-state index contributed by atoms with van der Waals surface area (Å²) in [5.74, 6) is 0. The second-order valence-electron chi connectivity index (χ2n) is 3.49. The van der Waals surface area contributed by atoms with E-state index in [1.54, 1.807) is 0 Å². The quantitative estimate of drug-likeness (QED) is 0.473. The summed E-state index contributed by atoms with van der Waals surface area (Å²) in [6.45, 7) is 6.00. The summed E-state index contributed by atoms with van der Waals surface area (Å²) in [6, 6.07) is 17.3. The van der Waals surface area contributed by atoms with Crippen LogP contribution in [0.5, 0.6) is 0 Å². The van der Waals surface area contributed by atoms with Gasteiger partial charge in [-0.05, 0) is 28.7 Å². The number of hydrogen-bond donors (Lipinski definition) is 0. The Morgan fingerprint density at radius 2 is 1.07 bits per heavy atom. The zero-order chi connectivity index (χ0) is 10.7. The molecule has 0 aliphatic heterocycles. The van der Waals surface area contributed by atoms with Crippen LogP contribution in [0.1, 0.15) is 11.1 Å². The van der Waals surface area contributed by atoms with Crippen LogP contribution < -0.4 is 0 Å². The molecule has 0 nitrogen and oxygen atoms in total. The Kier molecular flexibility index (Phi) is 2.68. The highest BCUT2D eigenvalue weighted by atomic mass is 14.2. The van der Waals surface area contributed by atoms with Gasteiger partial charge in [0, 0.05) is 0 Å². The summed E-state index contributed by atoms with van der Waals surface area (Å²) in [6.07, 6.45) is 1.10. The van der Waals surface area contributed by atoms with Crippen molar-refractivity contribution in [3.8, 4) is 11.1 Å². The molecule has 0 aromatic heterocycles. The third-order valence-corrected chi connectivity index (χ3v) is 2.71. The molecule has 2 aromatic rings. The fourth-order valence-electron chi connectivity index (χ4n) is 2.08. The maximum Gasteiger partial charge on any atom is -0.00135 e. The van der Waals surface area contributed by atoms with E-state index in [0.29, 0.717) is 0 Å². The van der Waals surface area contributed by atoms with E-state index < -0.39 is 0 Å². The van der Waals surface area contributed by atoms with Crippen molar-refractivity contribution in [2.45, 2.75) is 6.42 Å². The lowest BCUT2D eigenvalue weighted by Gasteiger charge is -1.98. The van der Waals surface area contributed by atoms with Crippen LogP contribution in [-0.4, -0.2) is 0 Å². The molecule has 74 valence electrons. The average molecular weight is 194 g/mol. The molecule has 0 atom stereocenters. The van der Waals surface area contributed by atoms with E-state index in [-0.39, 0.29) is 0 Å². The first-order chi connectivity index (χ1) is 7.45. The minimum atomic E-state index is 1.10. The maximum atomic E-state index is 3.00. The monoisotopic (exact) mass is 194 g/mol. The molecule has 0 saturated carbocycles. The molecule has 0 N–H and O–H groups in total. The van der Waals surface area contributed by atoms with Gasteiger partial charge in [-0.15, -0.1) is 13.2 Å². The second-order valence-corrected chi connectivity index (χ2v) is 3.49. The van der Waals surface area contributed by atoms with E-state index in [0.717, 1.165) is 6.42 Å². The number of benzene rings is 2. The summed E-state index contributed by atoms with van der Waals surface area (Å²) in [5.41, 5.74) is 5.75. The summed E-state index contributed by atoms with van der Waals surface area (Å²) in [5, 5.41) is 0. The lowest BCUT2D eigenvalue weighted by Crippen LogP contribution is -1.77. The second kappa shape index (κ2) is 4.14. The van der Waals surface area contributed by atoms with Crippen LogP contribution in [-0.2, 0) is 6.42 Å². The van der Waals surface area contributed by atoms with Crippen molar-refractivity contribution >= 4 is 0 Å². The number of rotatable bonds is 0. The predicted octanol–water partition coefficient (Wildman–Crippen LogP) is 4.06. The minimum absolute atomic E-state index is 1.10. The number of hydrogen-bond acceptors (Lipinski definition) is 0. The first kappa shape index (κ1) is 9.72. The Morgan fingerprint density at radius 3 is 1.53 bits per heavy atom. The van der Waals surface area contributed by atoms with Crippen molar-refractivity contribution in [3.63, 3.8) is 0 Å². The van der Waals surface area contributed by atoms with Crippen LogP contribution in [0.4, 0.5) is 0 Å².